The third-order valence-electron chi connectivity index (χ3n) is 5.30. The molecule has 0 aromatic heterocycles. The van der Waals surface area contributed by atoms with E-state index in [9.17, 15) is 41.5 Å². The van der Waals surface area contributed by atoms with Crippen molar-refractivity contribution in [1.82, 2.24) is 10.6 Å². The SMILES string of the molecule is COc1ccc(NC(=O)C(=O)N[C@H](C(=O)NC(CC(=O)O)C(=O)COc2c(F)c(F)cc(F)c2F)C(C)C)cc1. The molecule has 0 spiro atoms. The van der Waals surface area contributed by atoms with Crippen LogP contribution in [0.4, 0.5) is 23.2 Å². The van der Waals surface area contributed by atoms with Gasteiger partial charge in [-0.2, -0.15) is 8.78 Å². The highest BCUT2D eigenvalue weighted by atomic mass is 19.2. The molecular formula is C25H25F4N3O8. The number of nitrogens with one attached hydrogen (secondary N) is 3. The van der Waals surface area contributed by atoms with Gasteiger partial charge in [0.2, 0.25) is 17.5 Å². The molecule has 3 amide bonds. The first kappa shape index (κ1) is 31.5. The number of hydrogen-bond acceptors (Lipinski definition) is 7. The van der Waals surface area contributed by atoms with Gasteiger partial charge in [-0.3, -0.25) is 24.0 Å². The van der Waals surface area contributed by atoms with Crippen molar-refractivity contribution < 1.29 is 56.1 Å². The molecule has 2 rings (SSSR count). The number of carbonyl (C=O) groups is 5. The van der Waals surface area contributed by atoms with Crippen molar-refractivity contribution in [2.75, 3.05) is 19.0 Å². The summed E-state index contributed by atoms with van der Waals surface area (Å²) in [5.74, 6) is -15.4. The third kappa shape index (κ3) is 8.41. The molecule has 40 heavy (non-hydrogen) atoms. The second kappa shape index (κ2) is 13.9. The van der Waals surface area contributed by atoms with Gasteiger partial charge in [0.05, 0.1) is 13.5 Å². The molecule has 0 fully saturated rings. The fraction of sp³-hybridized carbons (Fsp3) is 0.320. The van der Waals surface area contributed by atoms with Crippen LogP contribution in [0.3, 0.4) is 0 Å². The molecule has 0 saturated heterocycles. The zero-order valence-electron chi connectivity index (χ0n) is 21.3. The highest BCUT2D eigenvalue weighted by Gasteiger charge is 2.32. The van der Waals surface area contributed by atoms with Crippen LogP contribution < -0.4 is 25.4 Å². The number of aliphatic carboxylic acids is 1. The fourth-order valence-electron chi connectivity index (χ4n) is 3.21. The zero-order valence-corrected chi connectivity index (χ0v) is 21.3. The van der Waals surface area contributed by atoms with Crippen LogP contribution in [0, 0.1) is 29.2 Å². The van der Waals surface area contributed by atoms with E-state index in [-0.39, 0.29) is 11.8 Å². The van der Waals surface area contributed by atoms with Crippen LogP contribution in [0.5, 0.6) is 11.5 Å². The van der Waals surface area contributed by atoms with Crippen LogP contribution in [0.1, 0.15) is 20.3 Å². The van der Waals surface area contributed by atoms with Gasteiger partial charge < -0.3 is 30.5 Å². The van der Waals surface area contributed by atoms with Gasteiger partial charge in [0, 0.05) is 11.8 Å². The van der Waals surface area contributed by atoms with Gasteiger partial charge in [-0.25, -0.2) is 8.78 Å². The maximum atomic E-state index is 13.8. The molecule has 11 nitrogen and oxygen atoms in total. The van der Waals surface area contributed by atoms with E-state index in [0.717, 1.165) is 0 Å². The average molecular weight is 571 g/mol. The summed E-state index contributed by atoms with van der Waals surface area (Å²) < 4.78 is 63.9. The largest absolute Gasteiger partial charge is 0.497 e. The molecule has 1 unspecified atom stereocenters. The van der Waals surface area contributed by atoms with Gasteiger partial charge in [0.1, 0.15) is 24.4 Å². The number of benzene rings is 2. The van der Waals surface area contributed by atoms with E-state index in [4.69, 9.17) is 9.84 Å². The molecule has 0 aliphatic rings. The number of ether oxygens (including phenoxy) is 2. The number of ketones is 1. The lowest BCUT2D eigenvalue weighted by Gasteiger charge is -2.24. The van der Waals surface area contributed by atoms with Crippen LogP contribution in [0.15, 0.2) is 30.3 Å². The van der Waals surface area contributed by atoms with E-state index in [1.165, 1.54) is 45.2 Å². The molecule has 2 atom stereocenters. The topological polar surface area (TPSA) is 160 Å². The normalized spacial score (nSPS) is 12.2. The predicted molar refractivity (Wildman–Crippen MR) is 129 cm³/mol. The Morgan fingerprint density at radius 3 is 1.98 bits per heavy atom. The quantitative estimate of drug-likeness (QED) is 0.171. The number of amides is 3. The zero-order chi connectivity index (χ0) is 30.1. The number of Topliss-reactive ketones (excluding diaryl/α,β-unsaturated/α-hetero) is 1. The Balaban J connectivity index is 2.11. The van der Waals surface area contributed by atoms with E-state index < -0.39 is 89.5 Å². The van der Waals surface area contributed by atoms with E-state index >= 15 is 0 Å². The summed E-state index contributed by atoms with van der Waals surface area (Å²) in [5, 5.41) is 15.7. The van der Waals surface area contributed by atoms with E-state index in [1.807, 2.05) is 0 Å². The predicted octanol–water partition coefficient (Wildman–Crippen LogP) is 1.94. The van der Waals surface area contributed by atoms with Crippen molar-refractivity contribution in [3.05, 3.63) is 53.6 Å². The number of hydrogen-bond donors (Lipinski definition) is 4. The lowest BCUT2D eigenvalue weighted by molar-refractivity contribution is -0.141. The monoisotopic (exact) mass is 571 g/mol. The summed E-state index contributed by atoms with van der Waals surface area (Å²) in [6.45, 7) is 1.68. The molecule has 0 saturated carbocycles. The van der Waals surface area contributed by atoms with E-state index in [0.29, 0.717) is 5.75 Å². The highest BCUT2D eigenvalue weighted by Crippen LogP contribution is 2.26. The Morgan fingerprint density at radius 2 is 1.48 bits per heavy atom. The van der Waals surface area contributed by atoms with Gasteiger partial charge in [0.25, 0.3) is 0 Å². The van der Waals surface area contributed by atoms with Crippen molar-refractivity contribution in [1.29, 1.82) is 0 Å². The Hall–Kier alpha value is -4.69. The van der Waals surface area contributed by atoms with Gasteiger partial charge in [0.15, 0.2) is 23.2 Å². The Morgan fingerprint density at radius 1 is 0.900 bits per heavy atom. The number of carboxylic acid groups (broad SMARTS) is 1. The van der Waals surface area contributed by atoms with Crippen LogP contribution in [0.2, 0.25) is 0 Å². The molecule has 0 aliphatic carbocycles. The number of carbonyl (C=O) groups excluding carboxylic acids is 4. The summed E-state index contributed by atoms with van der Waals surface area (Å²) in [4.78, 5) is 61.4. The minimum absolute atomic E-state index is 0.0790. The van der Waals surface area contributed by atoms with Crippen molar-refractivity contribution in [2.45, 2.75) is 32.4 Å². The fourth-order valence-corrected chi connectivity index (χ4v) is 3.21. The molecular weight excluding hydrogens is 546 g/mol. The molecule has 0 aliphatic heterocycles. The van der Waals surface area contributed by atoms with Crippen molar-refractivity contribution >= 4 is 35.2 Å². The summed E-state index contributed by atoms with van der Waals surface area (Å²) in [6.07, 6.45) is -1.02. The molecule has 2 aromatic rings. The highest BCUT2D eigenvalue weighted by molar-refractivity contribution is 6.40. The molecule has 0 bridgehead atoms. The van der Waals surface area contributed by atoms with Crippen molar-refractivity contribution in [3.8, 4) is 11.5 Å². The maximum absolute atomic E-state index is 13.8. The molecule has 15 heteroatoms. The standard InChI is InChI=1S/C25H25F4N3O8/c1-11(2)21(32-25(38)24(37)30-12-4-6-13(39-3)7-5-12)23(36)31-16(9-18(34)35)17(33)10-40-22-19(28)14(26)8-15(27)20(22)29/h4-8,11,16,21H,9-10H2,1-3H3,(H,30,37)(H,31,36)(H,32,38)(H,34,35)/t16?,21-/m0/s1. The van der Waals surface area contributed by atoms with Crippen LogP contribution >= 0.6 is 0 Å². The van der Waals surface area contributed by atoms with Crippen molar-refractivity contribution in [2.24, 2.45) is 5.92 Å². The van der Waals surface area contributed by atoms with Gasteiger partial charge in [-0.15, -0.1) is 0 Å². The second-order valence-corrected chi connectivity index (χ2v) is 8.59. The summed E-state index contributed by atoms with van der Waals surface area (Å²) in [7, 11) is 1.44. The first-order valence-electron chi connectivity index (χ1n) is 11.5. The minimum Gasteiger partial charge on any atom is -0.497 e. The molecule has 2 aromatic carbocycles. The maximum Gasteiger partial charge on any atom is 0.313 e. The first-order valence-corrected chi connectivity index (χ1v) is 11.5. The summed E-state index contributed by atoms with van der Waals surface area (Å²) >= 11 is 0. The smallest absolute Gasteiger partial charge is 0.313 e. The number of halogens is 4. The molecule has 0 heterocycles. The third-order valence-corrected chi connectivity index (χ3v) is 5.30. The first-order chi connectivity index (χ1) is 18.7. The van der Waals surface area contributed by atoms with Crippen LogP contribution in [0.25, 0.3) is 0 Å². The van der Waals surface area contributed by atoms with E-state index in [2.05, 4.69) is 20.7 Å². The van der Waals surface area contributed by atoms with Crippen LogP contribution in [-0.4, -0.2) is 60.4 Å². The van der Waals surface area contributed by atoms with Crippen molar-refractivity contribution in [3.63, 3.8) is 0 Å². The summed E-state index contributed by atoms with van der Waals surface area (Å²) in [6, 6.07) is 2.59. The average Bonchev–Trinajstić information content (AvgIpc) is 2.89. The minimum atomic E-state index is -1.93. The molecule has 0 radical (unpaired) electrons. The summed E-state index contributed by atoms with van der Waals surface area (Å²) in [5.41, 5.74) is 0.240. The molecule has 4 N–H and O–H groups in total. The van der Waals surface area contributed by atoms with Gasteiger partial charge >= 0.3 is 17.8 Å². The lowest BCUT2D eigenvalue weighted by Crippen LogP contribution is -2.56. The van der Waals surface area contributed by atoms with E-state index in [1.54, 1.807) is 0 Å². The second-order valence-electron chi connectivity index (χ2n) is 8.59. The Kier molecular flexibility index (Phi) is 11.0. The lowest BCUT2D eigenvalue weighted by atomic mass is 10.0. The number of methoxy groups -OCH3 is 1. The van der Waals surface area contributed by atoms with Gasteiger partial charge in [-0.05, 0) is 30.2 Å². The number of rotatable bonds is 12. The Labute approximate surface area is 224 Å². The van der Waals surface area contributed by atoms with Crippen LogP contribution in [-0.2, 0) is 24.0 Å². The van der Waals surface area contributed by atoms with Gasteiger partial charge in [-0.1, -0.05) is 13.8 Å². The number of anilines is 1. The Bertz CT molecular complexity index is 1260. The molecule has 216 valence electrons. The number of carboxylic acids is 1.